The molecule has 1 saturated heterocycles. The van der Waals surface area contributed by atoms with Crippen molar-refractivity contribution in [3.63, 3.8) is 0 Å². The van der Waals surface area contributed by atoms with Crippen LogP contribution in [0, 0.1) is 12.8 Å². The van der Waals surface area contributed by atoms with Gasteiger partial charge < -0.3 is 14.6 Å². The molecule has 1 N–H and O–H groups in total. The second kappa shape index (κ2) is 9.88. The fraction of sp³-hybridized carbons (Fsp3) is 0.577. The number of aromatic nitrogens is 3. The number of hydrogen-bond donors (Lipinski definition) is 1. The summed E-state index contributed by atoms with van der Waals surface area (Å²) in [6, 6.07) is 4.21. The maximum Gasteiger partial charge on any atom is 0.259 e. The summed E-state index contributed by atoms with van der Waals surface area (Å²) in [6.07, 6.45) is 5.07. The Labute approximate surface area is 200 Å². The van der Waals surface area contributed by atoms with E-state index in [-0.39, 0.29) is 18.9 Å². The Kier molecular flexibility index (Phi) is 7.09. The Balaban J connectivity index is 0.00000274. The number of piperazine rings is 1. The molecule has 184 valence electrons. The number of amides is 1. The van der Waals surface area contributed by atoms with Crippen LogP contribution in [0.5, 0.6) is 0 Å². The Morgan fingerprint density at radius 1 is 1.24 bits per heavy atom. The topological polar surface area (TPSA) is 83.5 Å². The fourth-order valence-electron chi connectivity index (χ4n) is 5.04. The molecule has 0 unspecified atom stereocenters. The van der Waals surface area contributed by atoms with E-state index in [9.17, 15) is 9.59 Å². The Hall–Kier alpha value is -2.71. The molecule has 1 aromatic carbocycles. The van der Waals surface area contributed by atoms with E-state index in [0.717, 1.165) is 54.6 Å². The highest BCUT2D eigenvalue weighted by atomic mass is 16.5. The van der Waals surface area contributed by atoms with E-state index in [1.807, 2.05) is 28.6 Å². The normalized spacial score (nSPS) is 19.0. The Morgan fingerprint density at radius 2 is 2.03 bits per heavy atom. The van der Waals surface area contributed by atoms with Crippen LogP contribution in [0.4, 0.5) is 0 Å². The van der Waals surface area contributed by atoms with Crippen LogP contribution in [0.15, 0.2) is 23.1 Å². The lowest BCUT2D eigenvalue weighted by molar-refractivity contribution is 0.0490. The quantitative estimate of drug-likeness (QED) is 0.539. The molecule has 2 fully saturated rings. The van der Waals surface area contributed by atoms with Crippen LogP contribution in [0.1, 0.15) is 49.5 Å². The number of hydrogen-bond acceptors (Lipinski definition) is 5. The van der Waals surface area contributed by atoms with Crippen molar-refractivity contribution >= 4 is 27.7 Å². The number of aromatic amines is 1. The first kappa shape index (κ1) is 24.4. The van der Waals surface area contributed by atoms with Crippen molar-refractivity contribution in [3.05, 3.63) is 39.8 Å². The average molecular weight is 468 g/mol. The van der Waals surface area contributed by atoms with E-state index in [1.165, 1.54) is 12.8 Å². The zero-order valence-electron chi connectivity index (χ0n) is 19.8. The van der Waals surface area contributed by atoms with Crippen molar-refractivity contribution in [3.8, 4) is 0 Å². The molecule has 3 heterocycles. The van der Waals surface area contributed by atoms with Gasteiger partial charge in [-0.15, -0.1) is 0 Å². The summed E-state index contributed by atoms with van der Waals surface area (Å²) in [5.41, 5.74) is 3.05. The van der Waals surface area contributed by atoms with Gasteiger partial charge in [0.15, 0.2) is 0 Å². The van der Waals surface area contributed by atoms with E-state index in [1.54, 1.807) is 13.3 Å². The number of ether oxygens (including phenoxy) is 1. The van der Waals surface area contributed by atoms with Gasteiger partial charge in [-0.25, -0.2) is 0 Å². The first-order chi connectivity index (χ1) is 16.0. The summed E-state index contributed by atoms with van der Waals surface area (Å²) < 4.78 is 7.13. The number of benzene rings is 1. The molecule has 1 aliphatic carbocycles. The second-order valence-electron chi connectivity index (χ2n) is 9.68. The lowest BCUT2D eigenvalue weighted by Gasteiger charge is -2.40. The smallest absolute Gasteiger partial charge is 0.259 e. The van der Waals surface area contributed by atoms with Crippen molar-refractivity contribution in [2.24, 2.45) is 5.92 Å². The van der Waals surface area contributed by atoms with Crippen LogP contribution in [0.3, 0.4) is 0 Å². The van der Waals surface area contributed by atoms with Gasteiger partial charge in [-0.1, -0.05) is 7.43 Å². The summed E-state index contributed by atoms with van der Waals surface area (Å²) in [4.78, 5) is 33.6. The standard InChI is InChI=1S/C25H33N5O3.CH4/c1-16-11-22-20(23-21(24(31)27-22)13-26-30(23)15-18-5-6-18)12-19(16)25(32)29-9-8-28(17(2)14-29)7-4-10-33-3;/h11-13,17-18H,4-10,14-15H2,1-3H3,(H,27,31);1H4/t17-;/m1./s1. The van der Waals surface area contributed by atoms with Gasteiger partial charge in [0.25, 0.3) is 11.5 Å². The minimum absolute atomic E-state index is 0. The third kappa shape index (κ3) is 4.61. The predicted molar refractivity (Wildman–Crippen MR) is 135 cm³/mol. The molecule has 1 saturated carbocycles. The molecule has 1 amide bonds. The van der Waals surface area contributed by atoms with Gasteiger partial charge in [-0.2, -0.15) is 5.10 Å². The van der Waals surface area contributed by atoms with E-state index >= 15 is 0 Å². The van der Waals surface area contributed by atoms with Gasteiger partial charge in [0.2, 0.25) is 0 Å². The first-order valence-electron chi connectivity index (χ1n) is 12.0. The number of methoxy groups -OCH3 is 1. The summed E-state index contributed by atoms with van der Waals surface area (Å²) in [5.74, 6) is 0.695. The molecule has 2 aromatic heterocycles. The molecule has 8 nitrogen and oxygen atoms in total. The predicted octanol–water partition coefficient (Wildman–Crippen LogP) is 3.42. The number of carbonyl (C=O) groups is 1. The summed E-state index contributed by atoms with van der Waals surface area (Å²) >= 11 is 0. The van der Waals surface area contributed by atoms with Crippen molar-refractivity contribution in [1.29, 1.82) is 0 Å². The van der Waals surface area contributed by atoms with Gasteiger partial charge in [0, 0.05) is 63.4 Å². The van der Waals surface area contributed by atoms with Crippen LogP contribution < -0.4 is 5.56 Å². The van der Waals surface area contributed by atoms with Crippen LogP contribution in [0.2, 0.25) is 0 Å². The Bertz CT molecular complexity index is 1240. The van der Waals surface area contributed by atoms with Gasteiger partial charge in [0.1, 0.15) is 0 Å². The summed E-state index contributed by atoms with van der Waals surface area (Å²) in [5, 5.41) is 5.99. The number of aryl methyl sites for hydroxylation is 1. The van der Waals surface area contributed by atoms with Gasteiger partial charge in [-0.3, -0.25) is 19.2 Å². The van der Waals surface area contributed by atoms with Crippen molar-refractivity contribution in [2.75, 3.05) is 39.9 Å². The first-order valence-corrected chi connectivity index (χ1v) is 12.0. The van der Waals surface area contributed by atoms with Crippen LogP contribution in [-0.2, 0) is 11.3 Å². The van der Waals surface area contributed by atoms with Crippen molar-refractivity contribution in [1.82, 2.24) is 24.6 Å². The lowest BCUT2D eigenvalue weighted by Crippen LogP contribution is -2.53. The Morgan fingerprint density at radius 3 is 2.74 bits per heavy atom. The number of H-pyrrole nitrogens is 1. The minimum atomic E-state index is -0.128. The number of nitrogens with zero attached hydrogens (tertiary/aromatic N) is 4. The fourth-order valence-corrected chi connectivity index (χ4v) is 5.04. The second-order valence-corrected chi connectivity index (χ2v) is 9.68. The maximum absolute atomic E-state index is 13.6. The maximum atomic E-state index is 13.6. The van der Waals surface area contributed by atoms with Crippen molar-refractivity contribution in [2.45, 2.75) is 53.1 Å². The average Bonchev–Trinajstić information content (AvgIpc) is 3.51. The van der Waals surface area contributed by atoms with Crippen LogP contribution in [-0.4, -0.2) is 76.4 Å². The highest BCUT2D eigenvalue weighted by Gasteiger charge is 2.28. The lowest BCUT2D eigenvalue weighted by atomic mass is 10.0. The zero-order chi connectivity index (χ0) is 23.1. The van der Waals surface area contributed by atoms with Gasteiger partial charge >= 0.3 is 0 Å². The number of carbonyl (C=O) groups excluding carboxylic acids is 1. The molecule has 34 heavy (non-hydrogen) atoms. The number of fused-ring (bicyclic) bond motifs is 3. The van der Waals surface area contributed by atoms with Gasteiger partial charge in [-0.05, 0) is 56.7 Å². The highest BCUT2D eigenvalue weighted by molar-refractivity contribution is 6.07. The summed E-state index contributed by atoms with van der Waals surface area (Å²) in [6.45, 7) is 9.00. The van der Waals surface area contributed by atoms with Crippen LogP contribution >= 0.6 is 0 Å². The molecule has 0 bridgehead atoms. The molecule has 1 aliphatic heterocycles. The number of rotatable bonds is 7. The molecular weight excluding hydrogens is 430 g/mol. The SMILES string of the molecule is C.COCCCN1CCN(C(=O)c2cc3c(cc2C)[nH]c(=O)c2cnn(CC4CC4)c23)C[C@H]1C. The molecular formula is C26H37N5O3. The minimum Gasteiger partial charge on any atom is -0.385 e. The molecule has 8 heteroatoms. The molecule has 5 rings (SSSR count). The molecule has 0 spiro atoms. The van der Waals surface area contributed by atoms with E-state index in [0.29, 0.717) is 36.0 Å². The molecule has 1 atom stereocenters. The number of nitrogens with one attached hydrogen (secondary N) is 1. The van der Waals surface area contributed by atoms with Crippen molar-refractivity contribution < 1.29 is 9.53 Å². The largest absolute Gasteiger partial charge is 0.385 e. The van der Waals surface area contributed by atoms with E-state index in [4.69, 9.17) is 4.74 Å². The third-order valence-electron chi connectivity index (χ3n) is 7.16. The summed E-state index contributed by atoms with van der Waals surface area (Å²) in [7, 11) is 1.73. The highest BCUT2D eigenvalue weighted by Crippen LogP contribution is 2.33. The molecule has 0 radical (unpaired) electrons. The zero-order valence-corrected chi connectivity index (χ0v) is 19.8. The number of pyridine rings is 1. The monoisotopic (exact) mass is 467 g/mol. The van der Waals surface area contributed by atoms with E-state index < -0.39 is 0 Å². The third-order valence-corrected chi connectivity index (χ3v) is 7.16. The van der Waals surface area contributed by atoms with Crippen LogP contribution in [0.25, 0.3) is 21.8 Å². The van der Waals surface area contributed by atoms with E-state index in [2.05, 4.69) is 21.9 Å². The molecule has 2 aliphatic rings. The van der Waals surface area contributed by atoms with Gasteiger partial charge in [0.05, 0.1) is 22.6 Å². The molecule has 3 aromatic rings.